The summed E-state index contributed by atoms with van der Waals surface area (Å²) in [4.78, 5) is 11.7. The fourth-order valence-corrected chi connectivity index (χ4v) is 2.91. The van der Waals surface area contributed by atoms with Crippen LogP contribution in [0, 0.1) is 0 Å². The van der Waals surface area contributed by atoms with Gasteiger partial charge in [-0.25, -0.2) is 8.42 Å². The zero-order valence-electron chi connectivity index (χ0n) is 13.1. The molecule has 0 saturated heterocycles. The van der Waals surface area contributed by atoms with Gasteiger partial charge in [-0.15, -0.1) is 0 Å². The lowest BCUT2D eigenvalue weighted by Gasteiger charge is -2.23. The first-order valence-corrected chi connectivity index (χ1v) is 8.78. The van der Waals surface area contributed by atoms with Crippen LogP contribution < -0.4 is 9.62 Å². The second-order valence-electron chi connectivity index (χ2n) is 6.07. The lowest BCUT2D eigenvalue weighted by molar-refractivity contribution is -0.122. The van der Waals surface area contributed by atoms with Crippen LogP contribution in [0.3, 0.4) is 0 Å². The van der Waals surface area contributed by atoms with Gasteiger partial charge >= 0.3 is 0 Å². The molecular formula is C15H24N2O3S. The van der Waals surface area contributed by atoms with Crippen molar-refractivity contribution in [2.75, 3.05) is 17.1 Å². The molecule has 1 N–H and O–H groups in total. The van der Waals surface area contributed by atoms with Crippen LogP contribution in [0.15, 0.2) is 30.3 Å². The number of carbonyl (C=O) groups is 1. The summed E-state index contributed by atoms with van der Waals surface area (Å²) in [5.41, 5.74) is 0.351. The Balaban J connectivity index is 2.63. The lowest BCUT2D eigenvalue weighted by Crippen LogP contribution is -2.41. The van der Waals surface area contributed by atoms with Crippen LogP contribution >= 0.6 is 0 Å². The van der Waals surface area contributed by atoms with Crippen molar-refractivity contribution in [1.82, 2.24) is 5.32 Å². The highest BCUT2D eigenvalue weighted by Gasteiger charge is 2.18. The minimum absolute atomic E-state index is 0.0657. The predicted octanol–water partition coefficient (Wildman–Crippen LogP) is 2.15. The lowest BCUT2D eigenvalue weighted by atomic mass is 10.1. The number of carbonyl (C=O) groups excluding carboxylic acids is 1. The maximum atomic E-state index is 11.9. The molecule has 0 spiro atoms. The van der Waals surface area contributed by atoms with E-state index in [0.29, 0.717) is 25.1 Å². The van der Waals surface area contributed by atoms with E-state index in [1.54, 1.807) is 24.3 Å². The molecule has 1 aromatic carbocycles. The van der Waals surface area contributed by atoms with Gasteiger partial charge in [-0.3, -0.25) is 9.10 Å². The molecule has 0 aliphatic rings. The Morgan fingerprint density at radius 2 is 1.76 bits per heavy atom. The SMILES string of the molecule is CC(C)(C)NC(=O)CCCN(c1ccccc1)S(C)(=O)=O. The third-order valence-electron chi connectivity index (χ3n) is 2.72. The maximum Gasteiger partial charge on any atom is 0.232 e. The fourth-order valence-electron chi connectivity index (χ4n) is 1.94. The van der Waals surface area contributed by atoms with Crippen LogP contribution in [0.4, 0.5) is 5.69 Å². The molecular weight excluding hydrogens is 288 g/mol. The number of sulfonamides is 1. The van der Waals surface area contributed by atoms with Crippen molar-refractivity contribution in [1.29, 1.82) is 0 Å². The molecule has 0 saturated carbocycles. The Morgan fingerprint density at radius 3 is 2.24 bits per heavy atom. The molecule has 0 atom stereocenters. The summed E-state index contributed by atoms with van der Waals surface area (Å²) in [5, 5.41) is 2.86. The molecule has 0 fully saturated rings. The highest BCUT2D eigenvalue weighted by Crippen LogP contribution is 2.17. The van der Waals surface area contributed by atoms with Gasteiger partial charge in [0.05, 0.1) is 11.9 Å². The number of hydrogen-bond acceptors (Lipinski definition) is 3. The average molecular weight is 312 g/mol. The molecule has 0 aliphatic carbocycles. The first kappa shape index (κ1) is 17.5. The van der Waals surface area contributed by atoms with Gasteiger partial charge in [0.1, 0.15) is 0 Å². The van der Waals surface area contributed by atoms with E-state index >= 15 is 0 Å². The Kier molecular flexibility index (Phi) is 5.78. The summed E-state index contributed by atoms with van der Waals surface area (Å²) in [6, 6.07) is 8.91. The maximum absolute atomic E-state index is 11.9. The van der Waals surface area contributed by atoms with Crippen molar-refractivity contribution in [3.8, 4) is 0 Å². The largest absolute Gasteiger partial charge is 0.352 e. The molecule has 21 heavy (non-hydrogen) atoms. The monoisotopic (exact) mass is 312 g/mol. The van der Waals surface area contributed by atoms with Crippen LogP contribution in [-0.4, -0.2) is 32.7 Å². The van der Waals surface area contributed by atoms with Crippen LogP contribution in [0.1, 0.15) is 33.6 Å². The van der Waals surface area contributed by atoms with Crippen LogP contribution in [-0.2, 0) is 14.8 Å². The molecule has 6 heteroatoms. The van der Waals surface area contributed by atoms with Gasteiger partial charge in [-0.1, -0.05) is 18.2 Å². The van der Waals surface area contributed by atoms with E-state index in [2.05, 4.69) is 5.32 Å². The number of amides is 1. The summed E-state index contributed by atoms with van der Waals surface area (Å²) >= 11 is 0. The Labute approximate surface area is 127 Å². The van der Waals surface area contributed by atoms with Crippen molar-refractivity contribution in [2.24, 2.45) is 0 Å². The van der Waals surface area contributed by atoms with Gasteiger partial charge < -0.3 is 5.32 Å². The zero-order chi connectivity index (χ0) is 16.1. The fraction of sp³-hybridized carbons (Fsp3) is 0.533. The molecule has 0 aromatic heterocycles. The summed E-state index contributed by atoms with van der Waals surface area (Å²) in [6.45, 7) is 6.04. The van der Waals surface area contributed by atoms with E-state index in [-0.39, 0.29) is 11.4 Å². The zero-order valence-corrected chi connectivity index (χ0v) is 13.9. The molecule has 1 aromatic rings. The second kappa shape index (κ2) is 6.93. The van der Waals surface area contributed by atoms with E-state index < -0.39 is 10.0 Å². The topological polar surface area (TPSA) is 66.5 Å². The van der Waals surface area contributed by atoms with Crippen LogP contribution in [0.5, 0.6) is 0 Å². The van der Waals surface area contributed by atoms with Gasteiger partial charge in [-0.2, -0.15) is 0 Å². The Hall–Kier alpha value is -1.56. The molecule has 0 heterocycles. The molecule has 0 radical (unpaired) electrons. The number of hydrogen-bond donors (Lipinski definition) is 1. The van der Waals surface area contributed by atoms with Crippen molar-refractivity contribution in [3.05, 3.63) is 30.3 Å². The van der Waals surface area contributed by atoms with Gasteiger partial charge in [0, 0.05) is 18.5 Å². The third-order valence-corrected chi connectivity index (χ3v) is 3.92. The van der Waals surface area contributed by atoms with Gasteiger partial charge in [0.25, 0.3) is 0 Å². The van der Waals surface area contributed by atoms with E-state index in [1.165, 1.54) is 10.6 Å². The molecule has 0 unspecified atom stereocenters. The highest BCUT2D eigenvalue weighted by molar-refractivity contribution is 7.92. The minimum atomic E-state index is -3.35. The third kappa shape index (κ3) is 6.62. The second-order valence-corrected chi connectivity index (χ2v) is 7.98. The number of nitrogens with one attached hydrogen (secondary N) is 1. The number of rotatable bonds is 6. The molecule has 0 aliphatic heterocycles. The first-order valence-electron chi connectivity index (χ1n) is 6.93. The standard InChI is InChI=1S/C15H24N2O3S/c1-15(2,3)16-14(18)11-8-12-17(21(4,19)20)13-9-6-5-7-10-13/h5-7,9-10H,8,11-12H2,1-4H3,(H,16,18). The minimum Gasteiger partial charge on any atom is -0.352 e. The van der Waals surface area contributed by atoms with Gasteiger partial charge in [0.15, 0.2) is 0 Å². The normalized spacial score (nSPS) is 12.0. The van der Waals surface area contributed by atoms with Crippen molar-refractivity contribution in [3.63, 3.8) is 0 Å². The van der Waals surface area contributed by atoms with Crippen molar-refractivity contribution >= 4 is 21.6 Å². The number of para-hydroxylation sites is 1. The van der Waals surface area contributed by atoms with E-state index in [9.17, 15) is 13.2 Å². The predicted molar refractivity (Wildman–Crippen MR) is 85.8 cm³/mol. The molecule has 1 rings (SSSR count). The summed E-state index contributed by atoms with van der Waals surface area (Å²) in [6.07, 6.45) is 1.95. The van der Waals surface area contributed by atoms with Crippen LogP contribution in [0.2, 0.25) is 0 Å². The molecule has 1 amide bonds. The average Bonchev–Trinajstić information content (AvgIpc) is 2.32. The van der Waals surface area contributed by atoms with E-state index in [0.717, 1.165) is 0 Å². The van der Waals surface area contributed by atoms with Gasteiger partial charge in [0.2, 0.25) is 15.9 Å². The number of benzene rings is 1. The number of anilines is 1. The number of nitrogens with zero attached hydrogens (tertiary/aromatic N) is 1. The first-order chi connectivity index (χ1) is 9.59. The Morgan fingerprint density at radius 1 is 1.19 bits per heavy atom. The van der Waals surface area contributed by atoms with Crippen molar-refractivity contribution < 1.29 is 13.2 Å². The van der Waals surface area contributed by atoms with E-state index in [1.807, 2.05) is 26.8 Å². The summed E-state index contributed by atoms with van der Waals surface area (Å²) in [7, 11) is -3.35. The smallest absolute Gasteiger partial charge is 0.232 e. The highest BCUT2D eigenvalue weighted by atomic mass is 32.2. The van der Waals surface area contributed by atoms with Crippen molar-refractivity contribution in [2.45, 2.75) is 39.2 Å². The summed E-state index contributed by atoms with van der Waals surface area (Å²) in [5.74, 6) is -0.0657. The quantitative estimate of drug-likeness (QED) is 0.875. The molecule has 0 bridgehead atoms. The summed E-state index contributed by atoms with van der Waals surface area (Å²) < 4.78 is 25.1. The van der Waals surface area contributed by atoms with Gasteiger partial charge in [-0.05, 0) is 39.3 Å². The Bertz CT molecular complexity index is 562. The van der Waals surface area contributed by atoms with Crippen LogP contribution in [0.25, 0.3) is 0 Å². The molecule has 5 nitrogen and oxygen atoms in total. The van der Waals surface area contributed by atoms with E-state index in [4.69, 9.17) is 0 Å². The molecule has 118 valence electrons.